The van der Waals surface area contributed by atoms with Gasteiger partial charge in [0, 0.05) is 26.2 Å². The van der Waals surface area contributed by atoms with E-state index in [4.69, 9.17) is 10.5 Å². The fourth-order valence-corrected chi connectivity index (χ4v) is 0.933. The summed E-state index contributed by atoms with van der Waals surface area (Å²) in [7, 11) is 1.69. The second-order valence-electron chi connectivity index (χ2n) is 2.10. The minimum atomic E-state index is 0.194. The average molecular weight is 116 g/mol. The summed E-state index contributed by atoms with van der Waals surface area (Å²) in [5.41, 5.74) is 5.60. The van der Waals surface area contributed by atoms with Gasteiger partial charge in [-0.3, -0.25) is 0 Å². The van der Waals surface area contributed by atoms with Crippen LogP contribution < -0.4 is 11.1 Å². The lowest BCUT2D eigenvalue weighted by Gasteiger charge is -2.10. The van der Waals surface area contributed by atoms with E-state index in [-0.39, 0.29) is 12.1 Å². The molecule has 0 aliphatic carbocycles. The van der Waals surface area contributed by atoms with Gasteiger partial charge in [0.15, 0.2) is 0 Å². The third-order valence-corrected chi connectivity index (χ3v) is 1.51. The summed E-state index contributed by atoms with van der Waals surface area (Å²) in [5.74, 6) is 0. The highest BCUT2D eigenvalue weighted by atomic mass is 16.5. The van der Waals surface area contributed by atoms with Crippen molar-refractivity contribution in [3.05, 3.63) is 0 Å². The molecule has 0 amide bonds. The Morgan fingerprint density at radius 2 is 2.38 bits per heavy atom. The van der Waals surface area contributed by atoms with Gasteiger partial charge in [-0.05, 0) is 0 Å². The number of nitrogens with two attached hydrogens (primary N) is 1. The molecule has 1 heterocycles. The van der Waals surface area contributed by atoms with Gasteiger partial charge in [0.05, 0.1) is 6.10 Å². The van der Waals surface area contributed by atoms with Crippen LogP contribution in [-0.2, 0) is 4.74 Å². The minimum Gasteiger partial charge on any atom is -0.378 e. The van der Waals surface area contributed by atoms with Gasteiger partial charge >= 0.3 is 0 Å². The first kappa shape index (κ1) is 6.01. The molecule has 0 spiro atoms. The molecule has 1 aliphatic rings. The highest BCUT2D eigenvalue weighted by Gasteiger charge is 2.22. The minimum absolute atomic E-state index is 0.194. The molecule has 3 heteroatoms. The van der Waals surface area contributed by atoms with Gasteiger partial charge < -0.3 is 15.8 Å². The zero-order chi connectivity index (χ0) is 5.98. The molecule has 2 atom stereocenters. The van der Waals surface area contributed by atoms with Gasteiger partial charge in [0.1, 0.15) is 0 Å². The van der Waals surface area contributed by atoms with Crippen LogP contribution >= 0.6 is 0 Å². The van der Waals surface area contributed by atoms with Crippen molar-refractivity contribution in [2.75, 3.05) is 20.2 Å². The molecule has 0 bridgehead atoms. The van der Waals surface area contributed by atoms with Crippen LogP contribution in [0.2, 0.25) is 0 Å². The molecule has 1 saturated heterocycles. The van der Waals surface area contributed by atoms with Crippen molar-refractivity contribution >= 4 is 0 Å². The molecule has 48 valence electrons. The third-order valence-electron chi connectivity index (χ3n) is 1.51. The lowest BCUT2D eigenvalue weighted by atomic mass is 10.2. The highest BCUT2D eigenvalue weighted by molar-refractivity contribution is 4.84. The third kappa shape index (κ3) is 0.992. The Kier molecular flexibility index (Phi) is 1.83. The molecular formula is C5H12N2O. The number of nitrogens with one attached hydrogen (secondary N) is 1. The molecule has 0 saturated carbocycles. The van der Waals surface area contributed by atoms with Gasteiger partial charge in [0.2, 0.25) is 0 Å². The van der Waals surface area contributed by atoms with E-state index in [1.54, 1.807) is 7.11 Å². The van der Waals surface area contributed by atoms with Crippen LogP contribution in [0.25, 0.3) is 0 Å². The van der Waals surface area contributed by atoms with Crippen molar-refractivity contribution in [3.63, 3.8) is 0 Å². The normalized spacial score (nSPS) is 38.2. The Labute approximate surface area is 49.2 Å². The molecule has 1 rings (SSSR count). The van der Waals surface area contributed by atoms with E-state index in [0.29, 0.717) is 0 Å². The predicted octanol–water partition coefficient (Wildman–Crippen LogP) is -1.07. The quantitative estimate of drug-likeness (QED) is 0.458. The smallest absolute Gasteiger partial charge is 0.0858 e. The SMILES string of the molecule is CO[C@H]1CNC[C@@H]1N. The first-order valence-electron chi connectivity index (χ1n) is 2.83. The molecule has 0 aromatic heterocycles. The van der Waals surface area contributed by atoms with E-state index < -0.39 is 0 Å². The monoisotopic (exact) mass is 116 g/mol. The Bertz CT molecular complexity index is 76.8. The van der Waals surface area contributed by atoms with Gasteiger partial charge in [0.25, 0.3) is 0 Å². The number of hydrogen-bond acceptors (Lipinski definition) is 3. The molecule has 1 fully saturated rings. The summed E-state index contributed by atoms with van der Waals surface area (Å²) in [6, 6.07) is 0.194. The predicted molar refractivity (Wildman–Crippen MR) is 31.6 cm³/mol. The van der Waals surface area contributed by atoms with Crippen LogP contribution in [0.15, 0.2) is 0 Å². The maximum atomic E-state index is 5.60. The lowest BCUT2D eigenvalue weighted by Crippen LogP contribution is -2.34. The van der Waals surface area contributed by atoms with Crippen molar-refractivity contribution in [1.29, 1.82) is 0 Å². The fraction of sp³-hybridized carbons (Fsp3) is 1.00. The van der Waals surface area contributed by atoms with Crippen molar-refractivity contribution in [1.82, 2.24) is 5.32 Å². The molecule has 0 aromatic carbocycles. The zero-order valence-electron chi connectivity index (χ0n) is 5.05. The number of ether oxygens (including phenoxy) is 1. The van der Waals surface area contributed by atoms with Crippen LogP contribution in [0.3, 0.4) is 0 Å². The maximum Gasteiger partial charge on any atom is 0.0858 e. The van der Waals surface area contributed by atoms with E-state index in [9.17, 15) is 0 Å². The summed E-state index contributed by atoms with van der Waals surface area (Å²) in [5, 5.41) is 3.12. The Hall–Kier alpha value is -0.120. The molecule has 0 aromatic rings. The van der Waals surface area contributed by atoms with Crippen LogP contribution in [0, 0.1) is 0 Å². The Morgan fingerprint density at radius 3 is 2.62 bits per heavy atom. The second kappa shape index (κ2) is 2.44. The van der Waals surface area contributed by atoms with E-state index in [1.807, 2.05) is 0 Å². The zero-order valence-corrected chi connectivity index (χ0v) is 5.05. The van der Waals surface area contributed by atoms with Crippen molar-refractivity contribution < 1.29 is 4.74 Å². The summed E-state index contributed by atoms with van der Waals surface area (Å²) in [4.78, 5) is 0. The van der Waals surface area contributed by atoms with Gasteiger partial charge in [-0.15, -0.1) is 0 Å². The largest absolute Gasteiger partial charge is 0.378 e. The van der Waals surface area contributed by atoms with E-state index in [1.165, 1.54) is 0 Å². The molecule has 3 N–H and O–H groups in total. The Morgan fingerprint density at radius 1 is 1.62 bits per heavy atom. The topological polar surface area (TPSA) is 47.3 Å². The Balaban J connectivity index is 2.30. The van der Waals surface area contributed by atoms with Gasteiger partial charge in [-0.1, -0.05) is 0 Å². The standard InChI is InChI=1S/C5H12N2O/c1-8-5-3-7-2-4(5)6/h4-5,7H,2-3,6H2,1H3/t4-,5-/m0/s1. The molecule has 8 heavy (non-hydrogen) atoms. The molecule has 0 unspecified atom stereocenters. The number of methoxy groups -OCH3 is 1. The number of hydrogen-bond donors (Lipinski definition) is 2. The number of rotatable bonds is 1. The molecule has 1 aliphatic heterocycles. The van der Waals surface area contributed by atoms with Gasteiger partial charge in [-0.25, -0.2) is 0 Å². The second-order valence-corrected chi connectivity index (χ2v) is 2.10. The summed E-state index contributed by atoms with van der Waals surface area (Å²) in [6.45, 7) is 1.79. The highest BCUT2D eigenvalue weighted by Crippen LogP contribution is 1.98. The first-order valence-corrected chi connectivity index (χ1v) is 2.83. The van der Waals surface area contributed by atoms with E-state index in [2.05, 4.69) is 5.32 Å². The maximum absolute atomic E-state index is 5.60. The fourth-order valence-electron chi connectivity index (χ4n) is 0.933. The molecular weight excluding hydrogens is 104 g/mol. The van der Waals surface area contributed by atoms with Crippen molar-refractivity contribution in [2.45, 2.75) is 12.1 Å². The molecule has 0 radical (unpaired) electrons. The average Bonchev–Trinajstić information content (AvgIpc) is 2.14. The summed E-state index contributed by atoms with van der Waals surface area (Å²) < 4.78 is 5.04. The van der Waals surface area contributed by atoms with Crippen molar-refractivity contribution in [3.8, 4) is 0 Å². The lowest BCUT2D eigenvalue weighted by molar-refractivity contribution is 0.107. The van der Waals surface area contributed by atoms with Crippen LogP contribution in [-0.4, -0.2) is 32.3 Å². The van der Waals surface area contributed by atoms with Crippen LogP contribution in [0.1, 0.15) is 0 Å². The van der Waals surface area contributed by atoms with Crippen molar-refractivity contribution in [2.24, 2.45) is 5.73 Å². The molecule has 3 nitrogen and oxygen atoms in total. The van der Waals surface area contributed by atoms with Crippen LogP contribution in [0.4, 0.5) is 0 Å². The summed E-state index contributed by atoms with van der Waals surface area (Å²) >= 11 is 0. The van der Waals surface area contributed by atoms with Crippen LogP contribution in [0.5, 0.6) is 0 Å². The van der Waals surface area contributed by atoms with E-state index >= 15 is 0 Å². The first-order chi connectivity index (χ1) is 3.84. The summed E-state index contributed by atoms with van der Waals surface area (Å²) in [6.07, 6.45) is 0.231. The van der Waals surface area contributed by atoms with Gasteiger partial charge in [-0.2, -0.15) is 0 Å². The van der Waals surface area contributed by atoms with E-state index in [0.717, 1.165) is 13.1 Å².